The van der Waals surface area contributed by atoms with E-state index in [0.717, 1.165) is 22.2 Å². The Kier molecular flexibility index (Phi) is 10.3. The predicted molar refractivity (Wildman–Crippen MR) is 359 cm³/mol. The summed E-state index contributed by atoms with van der Waals surface area (Å²) in [5.41, 5.74) is 19.9. The van der Waals surface area contributed by atoms with Crippen molar-refractivity contribution in [1.29, 1.82) is 0 Å². The second-order valence-electron chi connectivity index (χ2n) is 21.9. The minimum Gasteiger partial charge on any atom is -0.456 e. The van der Waals surface area contributed by atoms with Crippen molar-refractivity contribution in [2.75, 3.05) is 0 Å². The monoisotopic (exact) mass is 1110 g/mol. The summed E-state index contributed by atoms with van der Waals surface area (Å²) < 4.78 is 16.6. The summed E-state index contributed by atoms with van der Waals surface area (Å²) in [5.74, 6) is 0. The number of benzene rings is 13. The molecule has 5 heterocycles. The Morgan fingerprint density at radius 3 is 1.18 bits per heavy atom. The minimum absolute atomic E-state index is 0.919. The molecule has 0 aliphatic rings. The summed E-state index contributed by atoms with van der Waals surface area (Å²) >= 11 is 5.60. The average molecular weight is 1110 g/mol. The lowest BCUT2D eigenvalue weighted by Gasteiger charge is -2.11. The SMILES string of the molecule is c1ccc(-c2cccc(-n3c4ccc(-c5ccc(-c6ccc7sc8ccc(-c9ccc%10sc%11ccc(-c%12cccc%13oc%14ccccc%14c%12%13)cc%11c%10c9)cc8c7c6)cc5)cc4c4cc(-c5ccc6sc7ccccc7c6c5)ccc43)c2)cc1. The lowest BCUT2D eigenvalue weighted by molar-refractivity contribution is 0.669. The average Bonchev–Trinajstić information content (AvgIpc) is 3.86. The van der Waals surface area contributed by atoms with E-state index >= 15 is 0 Å². The van der Waals surface area contributed by atoms with E-state index in [2.05, 4.69) is 271 Å². The molecular weight excluding hydrogens is 1060 g/mol. The van der Waals surface area contributed by atoms with E-state index < -0.39 is 0 Å². The Morgan fingerprint density at radius 1 is 0.229 bits per heavy atom. The van der Waals surface area contributed by atoms with Crippen LogP contribution in [0.5, 0.6) is 0 Å². The number of hydrogen-bond donors (Lipinski definition) is 0. The van der Waals surface area contributed by atoms with E-state index in [0.29, 0.717) is 0 Å². The lowest BCUT2D eigenvalue weighted by atomic mass is 9.96. The summed E-state index contributed by atoms with van der Waals surface area (Å²) in [5, 5.41) is 12.6. The van der Waals surface area contributed by atoms with Gasteiger partial charge in [0.2, 0.25) is 0 Å². The van der Waals surface area contributed by atoms with Gasteiger partial charge in [-0.15, -0.1) is 34.0 Å². The molecule has 0 aliphatic carbocycles. The van der Waals surface area contributed by atoms with Crippen LogP contribution in [-0.4, -0.2) is 4.57 Å². The first-order chi connectivity index (χ1) is 41.1. The maximum atomic E-state index is 6.29. The number of para-hydroxylation sites is 1. The number of aromatic nitrogens is 1. The molecule has 0 radical (unpaired) electrons. The molecule has 0 spiro atoms. The topological polar surface area (TPSA) is 18.1 Å². The molecule has 0 saturated carbocycles. The molecule has 5 aromatic heterocycles. The molecule has 13 aromatic carbocycles. The number of hydrogen-bond acceptors (Lipinski definition) is 4. The summed E-state index contributed by atoms with van der Waals surface area (Å²) in [4.78, 5) is 0. The van der Waals surface area contributed by atoms with Crippen LogP contribution in [0.15, 0.2) is 277 Å². The molecule has 0 unspecified atom stereocenters. The van der Waals surface area contributed by atoms with Crippen molar-refractivity contribution in [2.45, 2.75) is 0 Å². The lowest BCUT2D eigenvalue weighted by Crippen LogP contribution is -1.94. The Labute approximate surface area is 489 Å². The third kappa shape index (κ3) is 7.52. The predicted octanol–water partition coefficient (Wildman–Crippen LogP) is 23.8. The van der Waals surface area contributed by atoms with Crippen molar-refractivity contribution in [2.24, 2.45) is 0 Å². The Bertz CT molecular complexity index is 5690. The number of nitrogens with zero attached hydrogens (tertiary/aromatic N) is 1. The normalized spacial score (nSPS) is 12.1. The van der Waals surface area contributed by atoms with Gasteiger partial charge in [0.05, 0.1) is 11.0 Å². The molecule has 0 bridgehead atoms. The van der Waals surface area contributed by atoms with Crippen molar-refractivity contribution < 1.29 is 4.42 Å². The van der Waals surface area contributed by atoms with Gasteiger partial charge in [-0.2, -0.15) is 0 Å². The van der Waals surface area contributed by atoms with Crippen LogP contribution in [0.2, 0.25) is 0 Å². The van der Waals surface area contributed by atoms with Crippen LogP contribution < -0.4 is 0 Å². The first-order valence-electron chi connectivity index (χ1n) is 28.2. The molecule has 0 atom stereocenters. The maximum absolute atomic E-state index is 6.29. The van der Waals surface area contributed by atoms with Gasteiger partial charge in [0.25, 0.3) is 0 Å². The van der Waals surface area contributed by atoms with Gasteiger partial charge in [-0.1, -0.05) is 158 Å². The number of thiophene rings is 3. The van der Waals surface area contributed by atoms with E-state index in [1.807, 2.05) is 40.1 Å². The van der Waals surface area contributed by atoms with Crippen LogP contribution in [0.25, 0.3) is 177 Å². The molecular formula is C78H45NOS3. The summed E-state index contributed by atoms with van der Waals surface area (Å²) in [6.07, 6.45) is 0. The molecule has 0 amide bonds. The number of furan rings is 1. The summed E-state index contributed by atoms with van der Waals surface area (Å²) in [7, 11) is 0. The quantitative estimate of drug-likeness (QED) is 0.156. The standard InChI is InChI=1S/C78H45NOS3/c1-2-10-46(11-3-1)49-12-8-13-57(38-49)79-68-31-24-50(39-61(68)62-40-52(25-32-69(62)79)53-27-34-73-63(42-53)59-14-5-7-19-72(59)81-73)47-20-22-48(23-21-47)51-26-33-74-64(41-51)65-43-54(28-35-75(65)82-74)55-29-36-76-66(44-55)67-45-56(30-37-77(67)83-76)58-16-9-18-71-78(58)60-15-4-6-17-70(60)80-71/h1-45H. The van der Waals surface area contributed by atoms with Gasteiger partial charge >= 0.3 is 0 Å². The largest absolute Gasteiger partial charge is 0.456 e. The highest BCUT2D eigenvalue weighted by Crippen LogP contribution is 2.45. The zero-order valence-corrected chi connectivity index (χ0v) is 47.0. The van der Waals surface area contributed by atoms with Gasteiger partial charge < -0.3 is 8.98 Å². The van der Waals surface area contributed by atoms with Crippen LogP contribution in [0.4, 0.5) is 0 Å². The van der Waals surface area contributed by atoms with Gasteiger partial charge in [-0.05, 0) is 182 Å². The van der Waals surface area contributed by atoms with Gasteiger partial charge in [0, 0.05) is 87.7 Å². The highest BCUT2D eigenvalue weighted by atomic mass is 32.1. The molecule has 0 saturated heterocycles. The van der Waals surface area contributed by atoms with Gasteiger partial charge in [0.1, 0.15) is 11.2 Å². The van der Waals surface area contributed by atoms with E-state index in [9.17, 15) is 0 Å². The third-order valence-corrected chi connectivity index (χ3v) is 20.7. The Balaban J connectivity index is 0.697. The van der Waals surface area contributed by atoms with E-state index in [1.165, 1.54) is 154 Å². The molecule has 0 fully saturated rings. The molecule has 5 heteroatoms. The maximum Gasteiger partial charge on any atom is 0.136 e. The highest BCUT2D eigenvalue weighted by molar-refractivity contribution is 7.26. The van der Waals surface area contributed by atoms with Crippen LogP contribution >= 0.6 is 34.0 Å². The molecule has 83 heavy (non-hydrogen) atoms. The van der Waals surface area contributed by atoms with Crippen LogP contribution in [0, 0.1) is 0 Å². The zero-order valence-electron chi connectivity index (χ0n) is 44.6. The second-order valence-corrected chi connectivity index (χ2v) is 25.2. The molecule has 0 N–H and O–H groups in total. The third-order valence-electron chi connectivity index (χ3n) is 17.2. The Morgan fingerprint density at radius 2 is 0.602 bits per heavy atom. The molecule has 18 aromatic rings. The number of fused-ring (bicyclic) bond motifs is 15. The van der Waals surface area contributed by atoms with Crippen LogP contribution in [0.3, 0.4) is 0 Å². The fourth-order valence-corrected chi connectivity index (χ4v) is 16.4. The van der Waals surface area contributed by atoms with Gasteiger partial charge in [0.15, 0.2) is 0 Å². The Hall–Kier alpha value is -9.88. The molecule has 0 aliphatic heterocycles. The fraction of sp³-hybridized carbons (Fsp3) is 0. The van der Waals surface area contributed by atoms with Gasteiger partial charge in [-0.3, -0.25) is 0 Å². The second kappa shape index (κ2) is 18.3. The van der Waals surface area contributed by atoms with E-state index in [1.54, 1.807) is 0 Å². The fourth-order valence-electron chi connectivity index (χ4n) is 13.2. The van der Waals surface area contributed by atoms with Crippen LogP contribution in [0.1, 0.15) is 0 Å². The van der Waals surface area contributed by atoms with Crippen LogP contribution in [-0.2, 0) is 0 Å². The van der Waals surface area contributed by atoms with Gasteiger partial charge in [-0.25, -0.2) is 0 Å². The molecule has 2 nitrogen and oxygen atoms in total. The van der Waals surface area contributed by atoms with Crippen molar-refractivity contribution in [3.8, 4) is 72.4 Å². The highest BCUT2D eigenvalue weighted by Gasteiger charge is 2.19. The smallest absolute Gasteiger partial charge is 0.136 e. The van der Waals surface area contributed by atoms with Crippen molar-refractivity contribution in [3.63, 3.8) is 0 Å². The first-order valence-corrected chi connectivity index (χ1v) is 30.6. The minimum atomic E-state index is 0.919. The summed E-state index contributed by atoms with van der Waals surface area (Å²) in [6, 6.07) is 101. The zero-order chi connectivity index (χ0) is 54.3. The molecule has 386 valence electrons. The van der Waals surface area contributed by atoms with E-state index in [-0.39, 0.29) is 0 Å². The van der Waals surface area contributed by atoms with E-state index in [4.69, 9.17) is 4.42 Å². The number of rotatable bonds is 7. The van der Waals surface area contributed by atoms with Crippen molar-refractivity contribution in [3.05, 3.63) is 273 Å². The van der Waals surface area contributed by atoms with Crippen molar-refractivity contribution in [1.82, 2.24) is 4.57 Å². The summed E-state index contributed by atoms with van der Waals surface area (Å²) in [6.45, 7) is 0. The molecule has 18 rings (SSSR count). The van der Waals surface area contributed by atoms with Crippen molar-refractivity contribution >= 4 is 138 Å². The first kappa shape index (κ1) is 46.8.